The molecule has 2 saturated heterocycles. The lowest BCUT2D eigenvalue weighted by Crippen LogP contribution is -2.45. The van der Waals surface area contributed by atoms with E-state index in [0.717, 1.165) is 0 Å². The van der Waals surface area contributed by atoms with Crippen LogP contribution in [0.4, 0.5) is 0 Å². The summed E-state index contributed by atoms with van der Waals surface area (Å²) in [6.45, 7) is 14.2. The molecule has 3 fully saturated rings. The van der Waals surface area contributed by atoms with Crippen LogP contribution < -0.4 is 0 Å². The van der Waals surface area contributed by atoms with E-state index in [-0.39, 0.29) is 30.1 Å². The van der Waals surface area contributed by atoms with E-state index in [9.17, 15) is 19.5 Å². The third-order valence-corrected chi connectivity index (χ3v) is 6.16. The first-order valence-electron chi connectivity index (χ1n) is 9.94. The number of allylic oxidation sites excluding steroid dienone is 1. The first-order chi connectivity index (χ1) is 14.0. The predicted octanol–water partition coefficient (Wildman–Crippen LogP) is 1.76. The fourth-order valence-corrected chi connectivity index (χ4v) is 4.13. The molecule has 0 bridgehead atoms. The Kier molecular flexibility index (Phi) is 5.93. The molecule has 0 unspecified atom stereocenters. The number of carbonyl (C=O) groups is 3. The van der Waals surface area contributed by atoms with Crippen LogP contribution in [0.15, 0.2) is 36.0 Å². The highest BCUT2D eigenvalue weighted by Gasteiger charge is 2.60. The van der Waals surface area contributed by atoms with Crippen molar-refractivity contribution in [2.45, 2.75) is 76.7 Å². The first-order valence-corrected chi connectivity index (χ1v) is 9.94. The van der Waals surface area contributed by atoms with Crippen molar-refractivity contribution < 1.29 is 38.4 Å². The van der Waals surface area contributed by atoms with Crippen LogP contribution in [-0.4, -0.2) is 59.1 Å². The SMILES string of the molecule is C=C1C(=O)O[C@H]2[C@H]1[C@@H](OC(=O)/C(C)=C\C)C[C@]1(C)O[C@@H]1C[C@@H](OC(C)=O)C(=C)[C@@H]2O. The molecule has 3 rings (SSSR count). The Hall–Kier alpha value is -2.45. The molecule has 0 amide bonds. The summed E-state index contributed by atoms with van der Waals surface area (Å²) in [5.41, 5.74) is 0.0508. The molecule has 3 aliphatic rings. The van der Waals surface area contributed by atoms with E-state index in [4.69, 9.17) is 18.9 Å². The molecule has 1 aliphatic carbocycles. The van der Waals surface area contributed by atoms with Gasteiger partial charge in [-0.25, -0.2) is 9.59 Å². The lowest BCUT2D eigenvalue weighted by molar-refractivity contribution is -0.154. The van der Waals surface area contributed by atoms with Crippen LogP contribution >= 0.6 is 0 Å². The minimum atomic E-state index is -1.34. The van der Waals surface area contributed by atoms with E-state index in [2.05, 4.69) is 13.2 Å². The monoisotopic (exact) mass is 420 g/mol. The molecule has 8 nitrogen and oxygen atoms in total. The van der Waals surface area contributed by atoms with Crippen molar-refractivity contribution in [2.24, 2.45) is 5.92 Å². The highest BCUT2D eigenvalue weighted by molar-refractivity contribution is 5.91. The van der Waals surface area contributed by atoms with E-state index >= 15 is 0 Å². The smallest absolute Gasteiger partial charge is 0.334 e. The summed E-state index contributed by atoms with van der Waals surface area (Å²) >= 11 is 0. The number of hydrogen-bond donors (Lipinski definition) is 1. The maximum atomic E-state index is 12.5. The summed E-state index contributed by atoms with van der Waals surface area (Å²) in [5.74, 6) is -2.53. The van der Waals surface area contributed by atoms with Gasteiger partial charge in [0.25, 0.3) is 0 Å². The maximum absolute atomic E-state index is 12.5. The Morgan fingerprint density at radius 2 is 1.93 bits per heavy atom. The zero-order valence-corrected chi connectivity index (χ0v) is 17.7. The summed E-state index contributed by atoms with van der Waals surface area (Å²) in [4.78, 5) is 36.4. The Labute approximate surface area is 175 Å². The van der Waals surface area contributed by atoms with Gasteiger partial charge in [0, 0.05) is 30.9 Å². The molecule has 30 heavy (non-hydrogen) atoms. The number of esters is 3. The minimum absolute atomic E-state index is 0.105. The highest BCUT2D eigenvalue weighted by Crippen LogP contribution is 2.49. The molecule has 1 N–H and O–H groups in total. The van der Waals surface area contributed by atoms with Crippen molar-refractivity contribution in [1.29, 1.82) is 0 Å². The van der Waals surface area contributed by atoms with Gasteiger partial charge in [0.1, 0.15) is 24.4 Å². The largest absolute Gasteiger partial charge is 0.458 e. The second-order valence-electron chi connectivity index (χ2n) is 8.31. The molecule has 1 saturated carbocycles. The van der Waals surface area contributed by atoms with Crippen molar-refractivity contribution in [2.75, 3.05) is 0 Å². The third kappa shape index (κ3) is 4.06. The van der Waals surface area contributed by atoms with Gasteiger partial charge in [0.2, 0.25) is 0 Å². The highest BCUT2D eigenvalue weighted by atomic mass is 16.6. The van der Waals surface area contributed by atoms with Crippen LogP contribution in [0.3, 0.4) is 0 Å². The topological polar surface area (TPSA) is 112 Å². The summed E-state index contributed by atoms with van der Waals surface area (Å²) in [5, 5.41) is 11.0. The predicted molar refractivity (Wildman–Crippen MR) is 105 cm³/mol. The fourth-order valence-electron chi connectivity index (χ4n) is 4.13. The van der Waals surface area contributed by atoms with Crippen molar-refractivity contribution in [3.63, 3.8) is 0 Å². The summed E-state index contributed by atoms with van der Waals surface area (Å²) < 4.78 is 22.3. The van der Waals surface area contributed by atoms with Crippen molar-refractivity contribution in [3.05, 3.63) is 36.0 Å². The molecular formula is C22H28O8. The number of ether oxygens (including phenoxy) is 4. The number of hydrogen-bond acceptors (Lipinski definition) is 8. The molecule has 2 aliphatic heterocycles. The number of carbonyl (C=O) groups excluding carboxylic acids is 3. The standard InChI is InChI=1S/C22H28O8/c1-7-10(2)20(25)28-15-9-22(6)16(30-22)8-14(27-13(5)23)11(3)18(24)19-17(15)12(4)21(26)29-19/h7,14-19,24H,3-4,8-9H2,1-2,5-6H3/b10-7-/t14-,15+,16-,17-,18+,19+,22+/m1/s1. The molecular weight excluding hydrogens is 392 g/mol. The summed E-state index contributed by atoms with van der Waals surface area (Å²) in [6, 6.07) is 0. The molecule has 0 radical (unpaired) electrons. The molecule has 164 valence electrons. The number of aliphatic hydroxyl groups is 1. The average molecular weight is 420 g/mol. The van der Waals surface area contributed by atoms with Gasteiger partial charge in [-0.1, -0.05) is 19.2 Å². The van der Waals surface area contributed by atoms with E-state index in [0.29, 0.717) is 5.57 Å². The number of fused-ring (bicyclic) bond motifs is 2. The zero-order valence-electron chi connectivity index (χ0n) is 17.7. The Morgan fingerprint density at radius 1 is 1.27 bits per heavy atom. The fraction of sp³-hybridized carbons (Fsp3) is 0.591. The first kappa shape index (κ1) is 22.2. The zero-order chi connectivity index (χ0) is 22.4. The second-order valence-corrected chi connectivity index (χ2v) is 8.31. The van der Waals surface area contributed by atoms with E-state index in [1.807, 2.05) is 6.92 Å². The number of epoxide rings is 1. The van der Waals surface area contributed by atoms with Crippen LogP contribution in [0.5, 0.6) is 0 Å². The van der Waals surface area contributed by atoms with Gasteiger partial charge in [0.05, 0.1) is 17.6 Å². The molecule has 7 atom stereocenters. The van der Waals surface area contributed by atoms with Gasteiger partial charge < -0.3 is 24.1 Å². The average Bonchev–Trinajstić information content (AvgIpc) is 3.20. The molecule has 2 heterocycles. The Morgan fingerprint density at radius 3 is 2.53 bits per heavy atom. The molecule has 8 heteroatoms. The van der Waals surface area contributed by atoms with Gasteiger partial charge in [-0.2, -0.15) is 0 Å². The van der Waals surface area contributed by atoms with Crippen LogP contribution in [0.25, 0.3) is 0 Å². The summed E-state index contributed by atoms with van der Waals surface area (Å²) in [6.07, 6.45) is -2.13. The van der Waals surface area contributed by atoms with Crippen LogP contribution in [0, 0.1) is 5.92 Å². The van der Waals surface area contributed by atoms with E-state index < -0.39 is 53.8 Å². The van der Waals surface area contributed by atoms with Gasteiger partial charge in [-0.3, -0.25) is 4.79 Å². The van der Waals surface area contributed by atoms with Gasteiger partial charge in [-0.05, 0) is 26.3 Å². The lowest BCUT2D eigenvalue weighted by Gasteiger charge is -2.34. The number of aliphatic hydroxyl groups excluding tert-OH is 1. The van der Waals surface area contributed by atoms with Gasteiger partial charge >= 0.3 is 17.9 Å². The Bertz CT molecular complexity index is 827. The van der Waals surface area contributed by atoms with Crippen LogP contribution in [0.2, 0.25) is 0 Å². The molecule has 0 aromatic carbocycles. The number of rotatable bonds is 3. The van der Waals surface area contributed by atoms with E-state index in [1.54, 1.807) is 19.9 Å². The summed E-state index contributed by atoms with van der Waals surface area (Å²) in [7, 11) is 0. The van der Waals surface area contributed by atoms with Gasteiger partial charge in [-0.15, -0.1) is 0 Å². The lowest BCUT2D eigenvalue weighted by atomic mass is 9.79. The molecule has 0 aromatic heterocycles. The quantitative estimate of drug-likeness (QED) is 0.242. The van der Waals surface area contributed by atoms with Crippen LogP contribution in [-0.2, 0) is 33.3 Å². The molecule has 0 aromatic rings. The third-order valence-electron chi connectivity index (χ3n) is 6.16. The maximum Gasteiger partial charge on any atom is 0.334 e. The van der Waals surface area contributed by atoms with Crippen molar-refractivity contribution >= 4 is 17.9 Å². The van der Waals surface area contributed by atoms with Gasteiger partial charge in [0.15, 0.2) is 0 Å². The minimum Gasteiger partial charge on any atom is -0.458 e. The second kappa shape index (κ2) is 8.00. The van der Waals surface area contributed by atoms with Crippen molar-refractivity contribution in [1.82, 2.24) is 0 Å². The van der Waals surface area contributed by atoms with Crippen molar-refractivity contribution in [3.8, 4) is 0 Å². The normalized spacial score (nSPS) is 38.8. The van der Waals surface area contributed by atoms with Crippen LogP contribution in [0.1, 0.15) is 40.5 Å². The molecule has 0 spiro atoms. The van der Waals surface area contributed by atoms with E-state index in [1.165, 1.54) is 6.92 Å². The Balaban J connectivity index is 1.99.